The van der Waals surface area contributed by atoms with E-state index in [1.807, 2.05) is 6.20 Å². The van der Waals surface area contributed by atoms with Gasteiger partial charge in [0.05, 0.1) is 6.61 Å². The summed E-state index contributed by atoms with van der Waals surface area (Å²) in [6.45, 7) is 3.84. The summed E-state index contributed by atoms with van der Waals surface area (Å²) in [7, 11) is 1.72. The lowest BCUT2D eigenvalue weighted by Crippen LogP contribution is -2.31. The van der Waals surface area contributed by atoms with E-state index >= 15 is 0 Å². The van der Waals surface area contributed by atoms with Gasteiger partial charge in [-0.2, -0.15) is 0 Å². The number of imidazole rings is 1. The number of methoxy groups -OCH3 is 1. The van der Waals surface area contributed by atoms with Gasteiger partial charge in [-0.3, -0.25) is 0 Å². The largest absolute Gasteiger partial charge is 0.383 e. The molecular formula is C9H17N3OS. The molecule has 0 bridgehead atoms. The molecule has 1 rings (SSSR count). The maximum absolute atomic E-state index is 5.02. The molecule has 0 aliphatic carbocycles. The van der Waals surface area contributed by atoms with Gasteiger partial charge in [0.2, 0.25) is 0 Å². The predicted octanol–water partition coefficient (Wildman–Crippen LogP) is 1.13. The first-order chi connectivity index (χ1) is 6.83. The summed E-state index contributed by atoms with van der Waals surface area (Å²) in [5.74, 6) is 1.02. The molecule has 1 atom stereocenters. The second-order valence-electron chi connectivity index (χ2n) is 3.05. The van der Waals surface area contributed by atoms with Gasteiger partial charge in [0.1, 0.15) is 0 Å². The molecule has 0 aliphatic heterocycles. The number of H-pyrrole nitrogens is 1. The van der Waals surface area contributed by atoms with E-state index in [1.54, 1.807) is 25.1 Å². The van der Waals surface area contributed by atoms with E-state index < -0.39 is 0 Å². The smallest absolute Gasteiger partial charge is 0.165 e. The number of aromatic nitrogens is 2. The number of hydrogen-bond donors (Lipinski definition) is 2. The van der Waals surface area contributed by atoms with Crippen molar-refractivity contribution in [3.05, 3.63) is 12.4 Å². The highest BCUT2D eigenvalue weighted by Crippen LogP contribution is 2.09. The normalized spacial score (nSPS) is 13.0. The fraction of sp³-hybridized carbons (Fsp3) is 0.667. The van der Waals surface area contributed by atoms with Crippen molar-refractivity contribution in [3.63, 3.8) is 0 Å². The van der Waals surface area contributed by atoms with Crippen LogP contribution in [0, 0.1) is 0 Å². The molecule has 4 nitrogen and oxygen atoms in total. The Balaban J connectivity index is 1.99. The van der Waals surface area contributed by atoms with E-state index in [9.17, 15) is 0 Å². The molecule has 0 amide bonds. The Morgan fingerprint density at radius 3 is 3.21 bits per heavy atom. The van der Waals surface area contributed by atoms with Gasteiger partial charge in [-0.05, 0) is 6.92 Å². The van der Waals surface area contributed by atoms with Crippen molar-refractivity contribution in [2.75, 3.05) is 26.0 Å². The Labute approximate surface area is 88.8 Å². The summed E-state index contributed by atoms with van der Waals surface area (Å²) < 4.78 is 5.02. The van der Waals surface area contributed by atoms with Crippen LogP contribution in [0.5, 0.6) is 0 Å². The third kappa shape index (κ3) is 4.64. The van der Waals surface area contributed by atoms with Crippen LogP contribution in [0.25, 0.3) is 0 Å². The number of aromatic amines is 1. The van der Waals surface area contributed by atoms with Crippen molar-refractivity contribution in [2.45, 2.75) is 18.1 Å². The molecule has 14 heavy (non-hydrogen) atoms. The molecular weight excluding hydrogens is 198 g/mol. The van der Waals surface area contributed by atoms with Crippen LogP contribution in [0.2, 0.25) is 0 Å². The number of rotatable bonds is 7. The van der Waals surface area contributed by atoms with E-state index in [1.165, 1.54) is 0 Å². The zero-order valence-electron chi connectivity index (χ0n) is 8.62. The highest BCUT2D eigenvalue weighted by Gasteiger charge is 1.99. The second kappa shape index (κ2) is 6.86. The standard InChI is InChI=1S/C9H17N3OS/c1-8(7-13-2)10-5-6-14-9-11-3-4-12-9/h3-4,8,10H,5-7H2,1-2H3,(H,11,12). The first-order valence-corrected chi connectivity index (χ1v) is 5.66. The minimum atomic E-state index is 0.414. The summed E-state index contributed by atoms with van der Waals surface area (Å²) in [6, 6.07) is 0.414. The van der Waals surface area contributed by atoms with E-state index in [2.05, 4.69) is 22.2 Å². The van der Waals surface area contributed by atoms with Gasteiger partial charge in [-0.15, -0.1) is 0 Å². The van der Waals surface area contributed by atoms with Crippen molar-refractivity contribution in [3.8, 4) is 0 Å². The van der Waals surface area contributed by atoms with Gasteiger partial charge in [0, 0.05) is 37.8 Å². The van der Waals surface area contributed by atoms with Crippen LogP contribution >= 0.6 is 11.8 Å². The molecule has 80 valence electrons. The molecule has 0 aromatic carbocycles. The van der Waals surface area contributed by atoms with Crippen molar-refractivity contribution < 1.29 is 4.74 Å². The van der Waals surface area contributed by atoms with E-state index in [-0.39, 0.29) is 0 Å². The average Bonchev–Trinajstić information content (AvgIpc) is 2.65. The average molecular weight is 215 g/mol. The molecule has 0 aliphatic rings. The highest BCUT2D eigenvalue weighted by molar-refractivity contribution is 7.99. The van der Waals surface area contributed by atoms with E-state index in [4.69, 9.17) is 4.74 Å². The fourth-order valence-corrected chi connectivity index (χ4v) is 1.79. The molecule has 1 aromatic rings. The molecule has 5 heteroatoms. The van der Waals surface area contributed by atoms with Crippen LogP contribution < -0.4 is 5.32 Å². The van der Waals surface area contributed by atoms with Gasteiger partial charge in [-0.25, -0.2) is 4.98 Å². The van der Waals surface area contributed by atoms with E-state index in [0.29, 0.717) is 6.04 Å². The minimum Gasteiger partial charge on any atom is -0.383 e. The summed E-state index contributed by atoms with van der Waals surface area (Å²) in [4.78, 5) is 7.17. The first-order valence-electron chi connectivity index (χ1n) is 4.67. The van der Waals surface area contributed by atoms with Gasteiger partial charge in [0.15, 0.2) is 5.16 Å². The SMILES string of the molecule is COCC(C)NCCSc1ncc[nH]1. The van der Waals surface area contributed by atoms with E-state index in [0.717, 1.165) is 24.1 Å². The zero-order valence-corrected chi connectivity index (χ0v) is 9.43. The van der Waals surface area contributed by atoms with Crippen molar-refractivity contribution in [2.24, 2.45) is 0 Å². The number of nitrogens with zero attached hydrogens (tertiary/aromatic N) is 1. The molecule has 1 aromatic heterocycles. The summed E-state index contributed by atoms with van der Waals surface area (Å²) in [5.41, 5.74) is 0. The topological polar surface area (TPSA) is 49.9 Å². The first kappa shape index (κ1) is 11.6. The van der Waals surface area contributed by atoms with Crippen LogP contribution in [0.15, 0.2) is 17.6 Å². The molecule has 0 saturated carbocycles. The van der Waals surface area contributed by atoms with Crippen molar-refractivity contribution >= 4 is 11.8 Å². The number of hydrogen-bond acceptors (Lipinski definition) is 4. The lowest BCUT2D eigenvalue weighted by Gasteiger charge is -2.11. The molecule has 2 N–H and O–H groups in total. The van der Waals surface area contributed by atoms with Crippen LogP contribution in [0.4, 0.5) is 0 Å². The van der Waals surface area contributed by atoms with Gasteiger partial charge in [0.25, 0.3) is 0 Å². The Morgan fingerprint density at radius 2 is 2.57 bits per heavy atom. The zero-order chi connectivity index (χ0) is 10.2. The Kier molecular flexibility index (Phi) is 5.66. The second-order valence-corrected chi connectivity index (χ2v) is 4.14. The number of ether oxygens (including phenoxy) is 1. The van der Waals surface area contributed by atoms with Crippen molar-refractivity contribution in [1.82, 2.24) is 15.3 Å². The summed E-state index contributed by atoms with van der Waals surface area (Å²) in [6.07, 6.45) is 3.60. The molecule has 0 radical (unpaired) electrons. The lowest BCUT2D eigenvalue weighted by atomic mass is 10.4. The Morgan fingerprint density at radius 1 is 1.71 bits per heavy atom. The van der Waals surface area contributed by atoms with Crippen LogP contribution in [-0.2, 0) is 4.74 Å². The minimum absolute atomic E-state index is 0.414. The Hall–Kier alpha value is -0.520. The summed E-state index contributed by atoms with van der Waals surface area (Å²) in [5, 5.41) is 4.34. The quantitative estimate of drug-likeness (QED) is 0.529. The molecule has 1 unspecified atom stereocenters. The maximum atomic E-state index is 5.02. The monoisotopic (exact) mass is 215 g/mol. The van der Waals surface area contributed by atoms with Crippen LogP contribution in [0.1, 0.15) is 6.92 Å². The number of nitrogens with one attached hydrogen (secondary N) is 2. The molecule has 1 heterocycles. The van der Waals surface area contributed by atoms with Crippen LogP contribution in [0.3, 0.4) is 0 Å². The lowest BCUT2D eigenvalue weighted by molar-refractivity contribution is 0.173. The molecule has 0 fully saturated rings. The highest BCUT2D eigenvalue weighted by atomic mass is 32.2. The maximum Gasteiger partial charge on any atom is 0.165 e. The fourth-order valence-electron chi connectivity index (χ4n) is 1.09. The van der Waals surface area contributed by atoms with Crippen molar-refractivity contribution in [1.29, 1.82) is 0 Å². The third-order valence-electron chi connectivity index (χ3n) is 1.72. The Bertz CT molecular complexity index is 228. The molecule has 0 saturated heterocycles. The third-order valence-corrected chi connectivity index (χ3v) is 2.63. The van der Waals surface area contributed by atoms with Gasteiger partial charge < -0.3 is 15.0 Å². The number of thioether (sulfide) groups is 1. The van der Waals surface area contributed by atoms with Gasteiger partial charge in [-0.1, -0.05) is 11.8 Å². The summed E-state index contributed by atoms with van der Waals surface area (Å²) >= 11 is 1.72. The van der Waals surface area contributed by atoms with Gasteiger partial charge >= 0.3 is 0 Å². The molecule has 0 spiro atoms. The van der Waals surface area contributed by atoms with Crippen LogP contribution in [-0.4, -0.2) is 42.0 Å². The predicted molar refractivity (Wildman–Crippen MR) is 58.7 cm³/mol.